The first-order valence-electron chi connectivity index (χ1n) is 9.04. The topological polar surface area (TPSA) is 46.0 Å². The zero-order valence-electron chi connectivity index (χ0n) is 16.0. The second-order valence-corrected chi connectivity index (χ2v) is 7.43. The van der Waals surface area contributed by atoms with Gasteiger partial charge in [-0.25, -0.2) is 4.98 Å². The molecule has 1 fully saturated rings. The van der Waals surface area contributed by atoms with Crippen molar-refractivity contribution in [1.29, 1.82) is 0 Å². The Morgan fingerprint density at radius 3 is 2.52 bits per heavy atom. The summed E-state index contributed by atoms with van der Waals surface area (Å²) in [4.78, 5) is 11.3. The van der Waals surface area contributed by atoms with Gasteiger partial charge in [-0.05, 0) is 68.4 Å². The van der Waals surface area contributed by atoms with Gasteiger partial charge in [0.05, 0.1) is 17.8 Å². The molecule has 0 aromatic carbocycles. The predicted molar refractivity (Wildman–Crippen MR) is 111 cm³/mol. The molecule has 1 saturated heterocycles. The molecule has 3 aromatic heterocycles. The Kier molecular flexibility index (Phi) is 4.44. The van der Waals surface area contributed by atoms with Crippen LogP contribution >= 0.6 is 12.2 Å². The van der Waals surface area contributed by atoms with E-state index in [2.05, 4.69) is 63.7 Å². The van der Waals surface area contributed by atoms with Crippen molar-refractivity contribution in [2.45, 2.75) is 32.9 Å². The number of hydrogen-bond acceptors (Lipinski definition) is 3. The lowest BCUT2D eigenvalue weighted by Gasteiger charge is -2.24. The maximum absolute atomic E-state index is 5.56. The fourth-order valence-electron chi connectivity index (χ4n) is 3.97. The Balaban J connectivity index is 1.84. The van der Waals surface area contributed by atoms with E-state index in [4.69, 9.17) is 12.2 Å². The predicted octanol–water partition coefficient (Wildman–Crippen LogP) is 3.79. The molecule has 6 heteroatoms. The summed E-state index contributed by atoms with van der Waals surface area (Å²) in [5, 5.41) is 4.19. The van der Waals surface area contributed by atoms with Gasteiger partial charge in [-0.15, -0.1) is 0 Å². The molecule has 3 aromatic rings. The summed E-state index contributed by atoms with van der Waals surface area (Å²) >= 11 is 5.56. The minimum absolute atomic E-state index is 0.0162. The van der Waals surface area contributed by atoms with Crippen LogP contribution in [0.3, 0.4) is 0 Å². The van der Waals surface area contributed by atoms with Crippen molar-refractivity contribution >= 4 is 17.3 Å². The molecule has 138 valence electrons. The van der Waals surface area contributed by atoms with Gasteiger partial charge in [0, 0.05) is 30.8 Å². The van der Waals surface area contributed by atoms with Gasteiger partial charge in [-0.1, -0.05) is 12.1 Å². The Bertz CT molecular complexity index is 995. The molecule has 1 aliphatic heterocycles. The molecular formula is C21H23N5S. The first-order valence-corrected chi connectivity index (χ1v) is 9.45. The smallest absolute Gasteiger partial charge is 0.169 e. The van der Waals surface area contributed by atoms with Crippen LogP contribution < -0.4 is 5.32 Å². The van der Waals surface area contributed by atoms with Crippen LogP contribution in [0.1, 0.15) is 40.3 Å². The molecular weight excluding hydrogens is 354 g/mol. The largest absolute Gasteiger partial charge is 0.352 e. The second-order valence-electron chi connectivity index (χ2n) is 7.04. The lowest BCUT2D eigenvalue weighted by molar-refractivity contribution is 0.367. The molecule has 1 N–H and O–H groups in total. The van der Waals surface area contributed by atoms with Crippen LogP contribution in [0, 0.1) is 20.8 Å². The van der Waals surface area contributed by atoms with E-state index in [9.17, 15) is 0 Å². The van der Waals surface area contributed by atoms with Crippen LogP contribution in [0.4, 0.5) is 0 Å². The number of rotatable bonds is 3. The van der Waals surface area contributed by atoms with E-state index < -0.39 is 0 Å². The van der Waals surface area contributed by atoms with Crippen molar-refractivity contribution in [3.8, 4) is 5.82 Å². The normalized spacial score (nSPS) is 19.4. The third-order valence-electron chi connectivity index (χ3n) is 5.32. The van der Waals surface area contributed by atoms with Crippen molar-refractivity contribution in [2.75, 3.05) is 7.05 Å². The van der Waals surface area contributed by atoms with Crippen LogP contribution in [0.5, 0.6) is 0 Å². The summed E-state index contributed by atoms with van der Waals surface area (Å²) in [5.41, 5.74) is 5.73. The maximum atomic E-state index is 5.56. The molecule has 0 saturated carbocycles. The van der Waals surface area contributed by atoms with Crippen LogP contribution in [0.25, 0.3) is 5.82 Å². The second kappa shape index (κ2) is 6.78. The third-order valence-corrected chi connectivity index (χ3v) is 5.73. The van der Waals surface area contributed by atoms with E-state index in [1.807, 2.05) is 37.6 Å². The standard InChI is InChI=1S/C21H23N5S/c1-13-8-7-11-23-20(13)26-14(2)12-16(15(26)3)19-18(24-21(27)25(19)4)17-9-5-6-10-22-17/h5-12,18-19H,1-4H3,(H,24,27)/t18-,19-/m0/s1. The van der Waals surface area contributed by atoms with Crippen LogP contribution in [0.2, 0.25) is 0 Å². The number of likely N-dealkylation sites (N-methyl/N-ethyl adjacent to an activating group) is 1. The van der Waals surface area contributed by atoms with Gasteiger partial charge in [0.15, 0.2) is 5.11 Å². The highest BCUT2D eigenvalue weighted by atomic mass is 32.1. The molecule has 5 nitrogen and oxygen atoms in total. The minimum Gasteiger partial charge on any atom is -0.352 e. The number of hydrogen-bond donors (Lipinski definition) is 1. The summed E-state index contributed by atoms with van der Waals surface area (Å²) in [6.07, 6.45) is 3.67. The molecule has 2 atom stereocenters. The highest BCUT2D eigenvalue weighted by Gasteiger charge is 2.39. The number of thiocarbonyl (C=S) groups is 1. The van der Waals surface area contributed by atoms with Gasteiger partial charge in [-0.3, -0.25) is 4.98 Å². The highest BCUT2D eigenvalue weighted by Crippen LogP contribution is 2.40. The fraction of sp³-hybridized carbons (Fsp3) is 0.286. The van der Waals surface area contributed by atoms with Gasteiger partial charge in [0.2, 0.25) is 0 Å². The van der Waals surface area contributed by atoms with E-state index in [-0.39, 0.29) is 12.1 Å². The molecule has 0 radical (unpaired) electrons. The Morgan fingerprint density at radius 2 is 1.81 bits per heavy atom. The first kappa shape index (κ1) is 17.7. The van der Waals surface area contributed by atoms with Crippen molar-refractivity contribution in [2.24, 2.45) is 0 Å². The molecule has 0 bridgehead atoms. The molecule has 1 aliphatic rings. The van der Waals surface area contributed by atoms with Gasteiger partial charge in [0.25, 0.3) is 0 Å². The number of aromatic nitrogens is 3. The Hall–Kier alpha value is -2.73. The quantitative estimate of drug-likeness (QED) is 0.704. The maximum Gasteiger partial charge on any atom is 0.169 e. The molecule has 4 heterocycles. The van der Waals surface area contributed by atoms with E-state index in [1.54, 1.807) is 0 Å². The number of aryl methyl sites for hydroxylation is 2. The lowest BCUT2D eigenvalue weighted by atomic mass is 9.97. The fourth-order valence-corrected chi connectivity index (χ4v) is 4.21. The lowest BCUT2D eigenvalue weighted by Crippen LogP contribution is -2.25. The molecule has 0 aliphatic carbocycles. The molecule has 0 spiro atoms. The van der Waals surface area contributed by atoms with Gasteiger partial charge in [-0.2, -0.15) is 0 Å². The molecule has 0 amide bonds. The molecule has 0 unspecified atom stereocenters. The monoisotopic (exact) mass is 377 g/mol. The molecule has 4 rings (SSSR count). The van der Waals surface area contributed by atoms with E-state index >= 15 is 0 Å². The number of nitrogens with zero attached hydrogens (tertiary/aromatic N) is 4. The zero-order valence-corrected chi connectivity index (χ0v) is 16.8. The van der Waals surface area contributed by atoms with E-state index in [1.165, 1.54) is 11.3 Å². The third kappa shape index (κ3) is 2.90. The van der Waals surface area contributed by atoms with Gasteiger partial charge < -0.3 is 14.8 Å². The van der Waals surface area contributed by atoms with Crippen molar-refractivity contribution < 1.29 is 0 Å². The van der Waals surface area contributed by atoms with Crippen LogP contribution in [-0.2, 0) is 0 Å². The Morgan fingerprint density at radius 1 is 1.04 bits per heavy atom. The van der Waals surface area contributed by atoms with Crippen LogP contribution in [0.15, 0.2) is 48.8 Å². The average molecular weight is 378 g/mol. The summed E-state index contributed by atoms with van der Waals surface area (Å²) in [6.45, 7) is 6.37. The highest BCUT2D eigenvalue weighted by molar-refractivity contribution is 7.80. The summed E-state index contributed by atoms with van der Waals surface area (Å²) in [6, 6.07) is 12.4. The van der Waals surface area contributed by atoms with E-state index in [0.29, 0.717) is 0 Å². The van der Waals surface area contributed by atoms with Gasteiger partial charge in [0.1, 0.15) is 5.82 Å². The summed E-state index contributed by atoms with van der Waals surface area (Å²) in [7, 11) is 2.04. The molecule has 27 heavy (non-hydrogen) atoms. The van der Waals surface area contributed by atoms with E-state index in [0.717, 1.165) is 27.9 Å². The van der Waals surface area contributed by atoms with Crippen molar-refractivity contribution in [3.05, 3.63) is 77.0 Å². The summed E-state index contributed by atoms with van der Waals surface area (Å²) in [5.74, 6) is 0.976. The summed E-state index contributed by atoms with van der Waals surface area (Å²) < 4.78 is 2.23. The average Bonchev–Trinajstić information content (AvgIpc) is 3.12. The number of nitrogens with one attached hydrogen (secondary N) is 1. The van der Waals surface area contributed by atoms with Gasteiger partial charge >= 0.3 is 0 Å². The minimum atomic E-state index is 0.0162. The zero-order chi connectivity index (χ0) is 19.1. The van der Waals surface area contributed by atoms with Crippen LogP contribution in [-0.4, -0.2) is 31.6 Å². The van der Waals surface area contributed by atoms with Crippen molar-refractivity contribution in [1.82, 2.24) is 24.8 Å². The van der Waals surface area contributed by atoms with Crippen molar-refractivity contribution in [3.63, 3.8) is 0 Å². The SMILES string of the molecule is Cc1cccnc1-n1c(C)cc([C@H]2[C@H](c3ccccn3)NC(=S)N2C)c1C. The Labute approximate surface area is 165 Å². The first-order chi connectivity index (χ1) is 13.0. The number of pyridine rings is 2.